The molecule has 84 valence electrons. The van der Waals surface area contributed by atoms with Gasteiger partial charge in [0.05, 0.1) is 0 Å². The van der Waals surface area contributed by atoms with Crippen molar-refractivity contribution >= 4 is 11.8 Å². The standard InChI is InChI=1S/C9H12N6S/c1-10-6-7-4-3-5-11-8(7)16-9-12-13-14-15(9)2/h3-5,10H,6H2,1-2H3. The molecule has 2 aromatic heterocycles. The number of hydrogen-bond acceptors (Lipinski definition) is 6. The van der Waals surface area contributed by atoms with Crippen molar-refractivity contribution in [2.45, 2.75) is 16.7 Å². The van der Waals surface area contributed by atoms with Gasteiger partial charge >= 0.3 is 0 Å². The quantitative estimate of drug-likeness (QED) is 0.832. The average molecular weight is 236 g/mol. The summed E-state index contributed by atoms with van der Waals surface area (Å²) < 4.78 is 1.63. The Morgan fingerprint density at radius 3 is 3.06 bits per heavy atom. The summed E-state index contributed by atoms with van der Waals surface area (Å²) in [7, 11) is 3.72. The van der Waals surface area contributed by atoms with Gasteiger partial charge in [0.2, 0.25) is 5.16 Å². The van der Waals surface area contributed by atoms with Crippen LogP contribution < -0.4 is 5.32 Å². The molecule has 16 heavy (non-hydrogen) atoms. The third kappa shape index (κ3) is 2.37. The molecule has 2 heterocycles. The van der Waals surface area contributed by atoms with Gasteiger partial charge in [0, 0.05) is 19.8 Å². The Kier molecular flexibility index (Phi) is 3.47. The van der Waals surface area contributed by atoms with Crippen molar-refractivity contribution in [3.63, 3.8) is 0 Å². The molecule has 0 unspecified atom stereocenters. The van der Waals surface area contributed by atoms with Crippen LogP contribution in [0.4, 0.5) is 0 Å². The Morgan fingerprint density at radius 2 is 2.38 bits per heavy atom. The fourth-order valence-electron chi connectivity index (χ4n) is 1.24. The highest BCUT2D eigenvalue weighted by Gasteiger charge is 2.09. The van der Waals surface area contributed by atoms with E-state index >= 15 is 0 Å². The van der Waals surface area contributed by atoms with Gasteiger partial charge in [0.25, 0.3) is 0 Å². The molecule has 0 aliphatic rings. The van der Waals surface area contributed by atoms with E-state index in [1.807, 2.05) is 26.2 Å². The van der Waals surface area contributed by atoms with E-state index in [0.29, 0.717) is 0 Å². The summed E-state index contributed by atoms with van der Waals surface area (Å²) >= 11 is 1.46. The van der Waals surface area contributed by atoms with Crippen LogP contribution in [0.25, 0.3) is 0 Å². The van der Waals surface area contributed by atoms with E-state index < -0.39 is 0 Å². The zero-order chi connectivity index (χ0) is 11.4. The van der Waals surface area contributed by atoms with Gasteiger partial charge in [0.15, 0.2) is 0 Å². The zero-order valence-corrected chi connectivity index (χ0v) is 9.90. The molecular formula is C9H12N6S. The molecule has 0 saturated heterocycles. The van der Waals surface area contributed by atoms with Crippen LogP contribution in [0.2, 0.25) is 0 Å². The average Bonchev–Trinajstić information content (AvgIpc) is 2.68. The van der Waals surface area contributed by atoms with Crippen LogP contribution in [-0.2, 0) is 13.6 Å². The summed E-state index contributed by atoms with van der Waals surface area (Å²) in [6.07, 6.45) is 1.77. The van der Waals surface area contributed by atoms with Crippen molar-refractivity contribution in [3.8, 4) is 0 Å². The molecule has 0 aromatic carbocycles. The summed E-state index contributed by atoms with van der Waals surface area (Å²) in [6.45, 7) is 0.779. The maximum absolute atomic E-state index is 4.33. The lowest BCUT2D eigenvalue weighted by atomic mass is 10.3. The fourth-order valence-corrected chi connectivity index (χ4v) is 2.04. The largest absolute Gasteiger partial charge is 0.316 e. The predicted octanol–water partition coefficient (Wildman–Crippen LogP) is 0.476. The number of rotatable bonds is 4. The first-order valence-corrected chi connectivity index (χ1v) is 5.61. The molecule has 0 fully saturated rings. The lowest BCUT2D eigenvalue weighted by Gasteiger charge is -2.05. The van der Waals surface area contributed by atoms with Gasteiger partial charge in [-0.15, -0.1) is 5.10 Å². The first kappa shape index (κ1) is 11.0. The zero-order valence-electron chi connectivity index (χ0n) is 9.08. The summed E-state index contributed by atoms with van der Waals surface area (Å²) in [4.78, 5) is 4.33. The predicted molar refractivity (Wildman–Crippen MR) is 59.9 cm³/mol. The Hall–Kier alpha value is -1.47. The third-order valence-electron chi connectivity index (χ3n) is 1.99. The molecule has 0 radical (unpaired) electrons. The molecule has 6 nitrogen and oxygen atoms in total. The van der Waals surface area contributed by atoms with Crippen LogP contribution in [0.3, 0.4) is 0 Å². The number of nitrogens with one attached hydrogen (secondary N) is 1. The first-order chi connectivity index (χ1) is 7.81. The van der Waals surface area contributed by atoms with E-state index in [0.717, 1.165) is 22.3 Å². The van der Waals surface area contributed by atoms with Gasteiger partial charge in [-0.2, -0.15) is 0 Å². The van der Waals surface area contributed by atoms with Crippen LogP contribution in [-0.4, -0.2) is 32.2 Å². The van der Waals surface area contributed by atoms with Crippen LogP contribution in [0.5, 0.6) is 0 Å². The molecule has 2 aromatic rings. The molecule has 7 heteroatoms. The first-order valence-electron chi connectivity index (χ1n) is 4.80. The number of nitrogens with zero attached hydrogens (tertiary/aromatic N) is 5. The molecule has 0 amide bonds. The molecular weight excluding hydrogens is 224 g/mol. The van der Waals surface area contributed by atoms with Gasteiger partial charge in [-0.1, -0.05) is 6.07 Å². The molecule has 0 spiro atoms. The van der Waals surface area contributed by atoms with E-state index in [-0.39, 0.29) is 0 Å². The summed E-state index contributed by atoms with van der Waals surface area (Å²) in [5.74, 6) is 0. The number of pyridine rings is 1. The number of aryl methyl sites for hydroxylation is 1. The minimum absolute atomic E-state index is 0.732. The van der Waals surface area contributed by atoms with Gasteiger partial charge in [-0.3, -0.25) is 0 Å². The highest BCUT2D eigenvalue weighted by molar-refractivity contribution is 7.99. The Bertz CT molecular complexity index is 469. The maximum atomic E-state index is 4.33. The Balaban J connectivity index is 2.24. The highest BCUT2D eigenvalue weighted by Crippen LogP contribution is 2.25. The van der Waals surface area contributed by atoms with Crippen molar-refractivity contribution in [3.05, 3.63) is 23.9 Å². The summed E-state index contributed by atoms with van der Waals surface area (Å²) in [5, 5.41) is 16.1. The summed E-state index contributed by atoms with van der Waals surface area (Å²) in [6, 6.07) is 3.96. The molecule has 0 aliphatic heterocycles. The van der Waals surface area contributed by atoms with E-state index in [4.69, 9.17) is 0 Å². The van der Waals surface area contributed by atoms with Crippen molar-refractivity contribution in [2.24, 2.45) is 7.05 Å². The van der Waals surface area contributed by atoms with Crippen molar-refractivity contribution in [1.82, 2.24) is 30.5 Å². The molecule has 0 aliphatic carbocycles. The smallest absolute Gasteiger partial charge is 0.215 e. The molecule has 0 atom stereocenters. The second kappa shape index (κ2) is 5.04. The molecule has 2 rings (SSSR count). The van der Waals surface area contributed by atoms with E-state index in [9.17, 15) is 0 Å². The minimum Gasteiger partial charge on any atom is -0.316 e. The van der Waals surface area contributed by atoms with Gasteiger partial charge < -0.3 is 5.32 Å². The fraction of sp³-hybridized carbons (Fsp3) is 0.333. The van der Waals surface area contributed by atoms with E-state index in [1.54, 1.807) is 10.9 Å². The lowest BCUT2D eigenvalue weighted by molar-refractivity contribution is 0.664. The lowest BCUT2D eigenvalue weighted by Crippen LogP contribution is -2.07. The monoisotopic (exact) mass is 236 g/mol. The Morgan fingerprint density at radius 1 is 1.50 bits per heavy atom. The van der Waals surface area contributed by atoms with Crippen LogP contribution in [0.1, 0.15) is 5.56 Å². The second-order valence-corrected chi connectivity index (χ2v) is 4.14. The van der Waals surface area contributed by atoms with E-state index in [2.05, 4.69) is 25.8 Å². The van der Waals surface area contributed by atoms with Crippen molar-refractivity contribution in [1.29, 1.82) is 0 Å². The van der Waals surface area contributed by atoms with E-state index in [1.165, 1.54) is 11.8 Å². The normalized spacial score (nSPS) is 10.6. The second-order valence-electron chi connectivity index (χ2n) is 3.19. The number of hydrogen-bond donors (Lipinski definition) is 1. The minimum atomic E-state index is 0.732. The van der Waals surface area contributed by atoms with Crippen molar-refractivity contribution in [2.75, 3.05) is 7.05 Å². The Labute approximate surface area is 97.5 Å². The SMILES string of the molecule is CNCc1cccnc1Sc1nnnn1C. The van der Waals surface area contributed by atoms with Crippen LogP contribution >= 0.6 is 11.8 Å². The highest BCUT2D eigenvalue weighted by atomic mass is 32.2. The summed E-state index contributed by atoms with van der Waals surface area (Å²) in [5.41, 5.74) is 1.14. The molecule has 0 saturated carbocycles. The van der Waals surface area contributed by atoms with Gasteiger partial charge in [-0.05, 0) is 40.9 Å². The van der Waals surface area contributed by atoms with Crippen LogP contribution in [0.15, 0.2) is 28.5 Å². The number of tetrazole rings is 1. The van der Waals surface area contributed by atoms with Gasteiger partial charge in [0.1, 0.15) is 5.03 Å². The van der Waals surface area contributed by atoms with Gasteiger partial charge in [-0.25, -0.2) is 9.67 Å². The van der Waals surface area contributed by atoms with Crippen molar-refractivity contribution < 1.29 is 0 Å². The topological polar surface area (TPSA) is 68.5 Å². The molecule has 0 bridgehead atoms. The third-order valence-corrected chi connectivity index (χ3v) is 3.08. The van der Waals surface area contributed by atoms with Crippen LogP contribution in [0, 0.1) is 0 Å². The number of aromatic nitrogens is 5. The molecule has 1 N–H and O–H groups in total. The maximum Gasteiger partial charge on any atom is 0.215 e.